The smallest absolute Gasteiger partial charge is 0.243 e. The van der Waals surface area contributed by atoms with Gasteiger partial charge in [-0.05, 0) is 44.0 Å². The number of nitrogens with one attached hydrogen (secondary N) is 1. The molecule has 2 rings (SSSR count). The molecule has 0 saturated heterocycles. The molecule has 0 spiro atoms. The minimum atomic E-state index is -3.53. The first-order valence-electron chi connectivity index (χ1n) is 6.21. The lowest BCUT2D eigenvalue weighted by Gasteiger charge is -2.16. The number of aromatic amines is 1. The van der Waals surface area contributed by atoms with Crippen molar-refractivity contribution in [2.45, 2.75) is 32.2 Å². The Morgan fingerprint density at radius 2 is 1.75 bits per heavy atom. The van der Waals surface area contributed by atoms with Crippen molar-refractivity contribution in [3.8, 4) is 0 Å². The summed E-state index contributed by atoms with van der Waals surface area (Å²) in [5.74, 6) is 1.12. The van der Waals surface area contributed by atoms with Gasteiger partial charge >= 0.3 is 0 Å². The van der Waals surface area contributed by atoms with Crippen LogP contribution in [-0.4, -0.2) is 35.0 Å². The van der Waals surface area contributed by atoms with Crippen molar-refractivity contribution < 1.29 is 8.42 Å². The Morgan fingerprint density at radius 1 is 1.15 bits per heavy atom. The molecular weight excluding hydrogens is 276 g/mol. The lowest BCUT2D eigenvalue weighted by molar-refractivity contribution is 0.457. The van der Waals surface area contributed by atoms with Gasteiger partial charge in [-0.25, -0.2) is 13.4 Å². The molecule has 0 atom stereocenters. The summed E-state index contributed by atoms with van der Waals surface area (Å²) in [4.78, 5) is 4.42. The normalized spacial score (nSPS) is 12.1. The van der Waals surface area contributed by atoms with Crippen LogP contribution in [0.15, 0.2) is 23.1 Å². The highest BCUT2D eigenvalue weighted by Crippen LogP contribution is 2.19. The molecule has 0 radical (unpaired) electrons. The highest BCUT2D eigenvalue weighted by molar-refractivity contribution is 7.89. The number of nitrogens with zero attached hydrogens (tertiary/aromatic N) is 3. The first-order chi connectivity index (χ1) is 9.29. The van der Waals surface area contributed by atoms with Gasteiger partial charge in [-0.15, -0.1) is 0 Å². The third-order valence-electron chi connectivity index (χ3n) is 2.91. The fourth-order valence-corrected chi connectivity index (χ4v) is 3.32. The van der Waals surface area contributed by atoms with Gasteiger partial charge in [0.05, 0.1) is 11.4 Å². The second-order valence-corrected chi connectivity index (χ2v) is 6.97. The molecule has 7 heteroatoms. The Balaban J connectivity index is 2.29. The molecule has 0 aliphatic heterocycles. The van der Waals surface area contributed by atoms with Gasteiger partial charge in [0.15, 0.2) is 5.82 Å². The monoisotopic (exact) mass is 294 g/mol. The van der Waals surface area contributed by atoms with Crippen LogP contribution in [-0.2, 0) is 16.6 Å². The number of H-pyrrole nitrogens is 1. The topological polar surface area (TPSA) is 79.0 Å². The molecule has 0 saturated carbocycles. The van der Waals surface area contributed by atoms with Gasteiger partial charge in [0, 0.05) is 7.05 Å². The van der Waals surface area contributed by atoms with E-state index >= 15 is 0 Å². The largest absolute Gasteiger partial charge is 0.263 e. The summed E-state index contributed by atoms with van der Waals surface area (Å²) >= 11 is 0. The van der Waals surface area contributed by atoms with Crippen molar-refractivity contribution >= 4 is 10.0 Å². The predicted molar refractivity (Wildman–Crippen MR) is 75.7 cm³/mol. The summed E-state index contributed by atoms with van der Waals surface area (Å²) in [5.41, 5.74) is 1.84. The van der Waals surface area contributed by atoms with Crippen molar-refractivity contribution in [2.75, 3.05) is 7.05 Å². The highest BCUT2D eigenvalue weighted by Gasteiger charge is 2.22. The molecule has 6 nitrogen and oxygen atoms in total. The quantitative estimate of drug-likeness (QED) is 0.928. The van der Waals surface area contributed by atoms with E-state index < -0.39 is 10.0 Å². The van der Waals surface area contributed by atoms with Crippen LogP contribution in [0.4, 0.5) is 0 Å². The number of sulfonamides is 1. The van der Waals surface area contributed by atoms with E-state index in [1.54, 1.807) is 19.1 Å². The first kappa shape index (κ1) is 14.7. The van der Waals surface area contributed by atoms with Crippen molar-refractivity contribution in [1.82, 2.24) is 19.5 Å². The Hall–Kier alpha value is -1.73. The van der Waals surface area contributed by atoms with Crippen LogP contribution in [0.3, 0.4) is 0 Å². The minimum Gasteiger partial charge on any atom is -0.263 e. The zero-order valence-electron chi connectivity index (χ0n) is 12.0. The SMILES string of the molecule is Cc1cc(C)cc(S(=O)(=O)N(C)Cc2n[nH]c(C)n2)c1. The fraction of sp³-hybridized carbons (Fsp3) is 0.385. The maximum Gasteiger partial charge on any atom is 0.243 e. The predicted octanol–water partition coefficient (Wildman–Crippen LogP) is 1.55. The third kappa shape index (κ3) is 3.05. The Morgan fingerprint density at radius 3 is 2.25 bits per heavy atom. The van der Waals surface area contributed by atoms with Gasteiger partial charge in [-0.2, -0.15) is 9.40 Å². The van der Waals surface area contributed by atoms with Gasteiger partial charge in [0.25, 0.3) is 0 Å². The summed E-state index contributed by atoms with van der Waals surface area (Å²) in [7, 11) is -2.01. The molecule has 0 bridgehead atoms. The van der Waals surface area contributed by atoms with Crippen molar-refractivity contribution in [3.63, 3.8) is 0 Å². The van der Waals surface area contributed by atoms with E-state index in [1.807, 2.05) is 19.9 Å². The summed E-state index contributed by atoms with van der Waals surface area (Å²) < 4.78 is 26.3. The molecule has 0 amide bonds. The van der Waals surface area contributed by atoms with Crippen LogP contribution in [0, 0.1) is 20.8 Å². The molecule has 0 aliphatic carbocycles. The molecule has 1 N–H and O–H groups in total. The number of rotatable bonds is 4. The van der Waals surface area contributed by atoms with Crippen molar-refractivity contribution in [2.24, 2.45) is 0 Å². The van der Waals surface area contributed by atoms with Crippen LogP contribution in [0.2, 0.25) is 0 Å². The molecule has 2 aromatic rings. The number of hydrogen-bond donors (Lipinski definition) is 1. The number of aryl methyl sites for hydroxylation is 3. The second-order valence-electron chi connectivity index (χ2n) is 4.92. The van der Waals surface area contributed by atoms with Crippen LogP contribution >= 0.6 is 0 Å². The molecule has 20 heavy (non-hydrogen) atoms. The fourth-order valence-electron chi connectivity index (χ4n) is 2.01. The molecule has 1 aromatic carbocycles. The van der Waals surface area contributed by atoms with Crippen LogP contribution < -0.4 is 0 Å². The summed E-state index contributed by atoms with van der Waals surface area (Å²) in [6.45, 7) is 5.67. The minimum absolute atomic E-state index is 0.139. The second kappa shape index (κ2) is 5.34. The van der Waals surface area contributed by atoms with E-state index in [-0.39, 0.29) is 6.54 Å². The summed E-state index contributed by atoms with van der Waals surface area (Å²) in [6.07, 6.45) is 0. The maximum atomic E-state index is 12.5. The average Bonchev–Trinajstić information content (AvgIpc) is 2.73. The van der Waals surface area contributed by atoms with Crippen molar-refractivity contribution in [1.29, 1.82) is 0 Å². The Bertz CT molecular complexity index is 701. The van der Waals surface area contributed by atoms with Gasteiger partial charge in [0.1, 0.15) is 5.82 Å². The van der Waals surface area contributed by atoms with Crippen LogP contribution in [0.5, 0.6) is 0 Å². The van der Waals surface area contributed by atoms with Gasteiger partial charge in [0.2, 0.25) is 10.0 Å². The van der Waals surface area contributed by atoms with Crippen molar-refractivity contribution in [3.05, 3.63) is 41.0 Å². The standard InChI is InChI=1S/C13H18N4O2S/c1-9-5-10(2)7-12(6-9)20(18,19)17(4)8-13-14-11(3)15-16-13/h5-7H,8H2,1-4H3,(H,14,15,16). The third-order valence-corrected chi connectivity index (χ3v) is 4.69. The lowest BCUT2D eigenvalue weighted by atomic mass is 10.2. The maximum absolute atomic E-state index is 12.5. The first-order valence-corrected chi connectivity index (χ1v) is 7.65. The van der Waals surface area contributed by atoms with E-state index in [2.05, 4.69) is 15.2 Å². The van der Waals surface area contributed by atoms with Crippen LogP contribution in [0.1, 0.15) is 22.8 Å². The number of aromatic nitrogens is 3. The molecule has 0 fully saturated rings. The highest BCUT2D eigenvalue weighted by atomic mass is 32.2. The molecule has 108 valence electrons. The Labute approximate surface area is 118 Å². The zero-order valence-corrected chi connectivity index (χ0v) is 12.8. The Kier molecular flexibility index (Phi) is 3.92. The van der Waals surface area contributed by atoms with E-state index in [0.717, 1.165) is 11.1 Å². The van der Waals surface area contributed by atoms with E-state index in [9.17, 15) is 8.42 Å². The molecule has 1 heterocycles. The molecule has 0 unspecified atom stereocenters. The zero-order chi connectivity index (χ0) is 14.9. The van der Waals surface area contributed by atoms with Gasteiger partial charge in [-0.3, -0.25) is 5.10 Å². The van der Waals surface area contributed by atoms with E-state index in [0.29, 0.717) is 16.5 Å². The number of hydrogen-bond acceptors (Lipinski definition) is 4. The van der Waals surface area contributed by atoms with Crippen LogP contribution in [0.25, 0.3) is 0 Å². The molecular formula is C13H18N4O2S. The lowest BCUT2D eigenvalue weighted by Crippen LogP contribution is -2.27. The van der Waals surface area contributed by atoms with E-state index in [1.165, 1.54) is 11.4 Å². The average molecular weight is 294 g/mol. The van der Waals surface area contributed by atoms with Gasteiger partial charge in [-0.1, -0.05) is 6.07 Å². The summed E-state index contributed by atoms with van der Waals surface area (Å²) in [5, 5.41) is 6.66. The molecule has 0 aliphatic rings. The summed E-state index contributed by atoms with van der Waals surface area (Å²) in [6, 6.07) is 5.28. The van der Waals surface area contributed by atoms with Gasteiger partial charge < -0.3 is 0 Å². The number of benzene rings is 1. The molecule has 1 aromatic heterocycles. The van der Waals surface area contributed by atoms with E-state index in [4.69, 9.17) is 0 Å².